The molecule has 22 heavy (non-hydrogen) atoms. The number of rotatable bonds is 4. The van der Waals surface area contributed by atoms with E-state index in [2.05, 4.69) is 10.6 Å². The van der Waals surface area contributed by atoms with Gasteiger partial charge in [0.2, 0.25) is 5.91 Å². The van der Waals surface area contributed by atoms with E-state index in [-0.39, 0.29) is 36.4 Å². The fourth-order valence-corrected chi connectivity index (χ4v) is 4.21. The summed E-state index contributed by atoms with van der Waals surface area (Å²) < 4.78 is 4.90. The molecule has 3 amide bonds. The minimum atomic E-state index is -0.233. The molecule has 2 N–H and O–H groups in total. The van der Waals surface area contributed by atoms with Gasteiger partial charge < -0.3 is 20.3 Å². The van der Waals surface area contributed by atoms with Gasteiger partial charge in [-0.25, -0.2) is 4.79 Å². The number of urea groups is 1. The molecular formula is C15H23N3O4. The third kappa shape index (κ3) is 2.76. The predicted molar refractivity (Wildman–Crippen MR) is 77.9 cm³/mol. The molecule has 0 radical (unpaired) electrons. The van der Waals surface area contributed by atoms with E-state index >= 15 is 0 Å². The molecule has 0 aromatic carbocycles. The van der Waals surface area contributed by atoms with Crippen LogP contribution in [0.4, 0.5) is 4.79 Å². The molecule has 0 aromatic rings. The van der Waals surface area contributed by atoms with E-state index in [0.717, 1.165) is 25.7 Å². The average Bonchev–Trinajstić information content (AvgIpc) is 3.10. The zero-order chi connectivity index (χ0) is 15.7. The summed E-state index contributed by atoms with van der Waals surface area (Å²) >= 11 is 0. The van der Waals surface area contributed by atoms with Crippen molar-refractivity contribution in [1.29, 1.82) is 0 Å². The molecule has 7 heteroatoms. The second kappa shape index (κ2) is 6.14. The van der Waals surface area contributed by atoms with Crippen LogP contribution in [0.2, 0.25) is 0 Å². The fraction of sp³-hybridized carbons (Fsp3) is 0.800. The van der Waals surface area contributed by atoms with Crippen LogP contribution in [0.1, 0.15) is 25.7 Å². The molecule has 2 aliphatic carbocycles. The molecule has 3 fully saturated rings. The normalized spacial score (nSPS) is 33.5. The largest absolute Gasteiger partial charge is 0.469 e. The van der Waals surface area contributed by atoms with Crippen molar-refractivity contribution in [2.45, 2.75) is 31.7 Å². The zero-order valence-electron chi connectivity index (χ0n) is 12.8. The zero-order valence-corrected chi connectivity index (χ0v) is 12.8. The van der Waals surface area contributed by atoms with Crippen molar-refractivity contribution in [3.8, 4) is 0 Å². The maximum atomic E-state index is 12.3. The van der Waals surface area contributed by atoms with Gasteiger partial charge in [-0.1, -0.05) is 0 Å². The first-order valence-corrected chi connectivity index (χ1v) is 8.00. The van der Waals surface area contributed by atoms with Gasteiger partial charge in [0.1, 0.15) is 6.54 Å². The summed E-state index contributed by atoms with van der Waals surface area (Å²) in [5, 5.41) is 5.71. The van der Waals surface area contributed by atoms with Crippen molar-refractivity contribution in [3.63, 3.8) is 0 Å². The van der Waals surface area contributed by atoms with E-state index < -0.39 is 0 Å². The Bertz CT molecular complexity index is 481. The van der Waals surface area contributed by atoms with Crippen LogP contribution >= 0.6 is 0 Å². The molecule has 1 heterocycles. The lowest BCUT2D eigenvalue weighted by Gasteiger charge is -2.31. The molecule has 0 spiro atoms. The van der Waals surface area contributed by atoms with Crippen molar-refractivity contribution in [2.75, 3.05) is 26.7 Å². The third-order valence-corrected chi connectivity index (χ3v) is 5.22. The lowest BCUT2D eigenvalue weighted by molar-refractivity contribution is -0.148. The Kier molecular flexibility index (Phi) is 4.22. The van der Waals surface area contributed by atoms with Gasteiger partial charge in [-0.05, 0) is 37.5 Å². The molecule has 122 valence electrons. The van der Waals surface area contributed by atoms with Crippen molar-refractivity contribution in [3.05, 3.63) is 0 Å². The molecule has 0 aromatic heterocycles. The number of methoxy groups -OCH3 is 1. The summed E-state index contributed by atoms with van der Waals surface area (Å²) in [5.41, 5.74) is 0. The smallest absolute Gasteiger partial charge is 0.317 e. The molecule has 0 unspecified atom stereocenters. The Morgan fingerprint density at radius 1 is 1.36 bits per heavy atom. The summed E-state index contributed by atoms with van der Waals surface area (Å²) in [6.07, 6.45) is 3.91. The standard InChI is InChI=1S/C15H23N3O4/c1-22-14(20)12-9-3-4-10(7-9)13(12)17-11(19)8-18-6-2-5-16-15(18)21/h9-10,12-13H,2-8H2,1H3,(H,16,21)(H,17,19)/t9-,10-,12+,13-/m0/s1. The van der Waals surface area contributed by atoms with Crippen molar-refractivity contribution < 1.29 is 19.1 Å². The van der Waals surface area contributed by atoms with Gasteiger partial charge in [-0.2, -0.15) is 0 Å². The Morgan fingerprint density at radius 2 is 2.14 bits per heavy atom. The first kappa shape index (κ1) is 15.1. The maximum absolute atomic E-state index is 12.3. The van der Waals surface area contributed by atoms with E-state index in [1.807, 2.05) is 0 Å². The van der Waals surface area contributed by atoms with Crippen LogP contribution in [-0.2, 0) is 14.3 Å². The van der Waals surface area contributed by atoms with Gasteiger partial charge in [0.25, 0.3) is 0 Å². The molecule has 7 nitrogen and oxygen atoms in total. The van der Waals surface area contributed by atoms with Crippen LogP contribution in [0.15, 0.2) is 0 Å². The van der Waals surface area contributed by atoms with Crippen molar-refractivity contribution in [2.24, 2.45) is 17.8 Å². The maximum Gasteiger partial charge on any atom is 0.317 e. The Labute approximate surface area is 129 Å². The Hall–Kier alpha value is -1.79. The molecule has 3 rings (SSSR count). The number of hydrogen-bond donors (Lipinski definition) is 2. The second-order valence-corrected chi connectivity index (χ2v) is 6.48. The van der Waals surface area contributed by atoms with Crippen LogP contribution in [-0.4, -0.2) is 55.6 Å². The van der Waals surface area contributed by atoms with Gasteiger partial charge in [-0.15, -0.1) is 0 Å². The first-order valence-electron chi connectivity index (χ1n) is 8.00. The highest BCUT2D eigenvalue weighted by atomic mass is 16.5. The van der Waals surface area contributed by atoms with Crippen LogP contribution in [0, 0.1) is 17.8 Å². The summed E-state index contributed by atoms with van der Waals surface area (Å²) in [6.45, 7) is 1.30. The number of esters is 1. The quantitative estimate of drug-likeness (QED) is 0.721. The van der Waals surface area contributed by atoms with Gasteiger partial charge >= 0.3 is 12.0 Å². The number of amides is 3. The fourth-order valence-electron chi connectivity index (χ4n) is 4.21. The molecule has 2 saturated carbocycles. The molecule has 4 atom stereocenters. The monoisotopic (exact) mass is 309 g/mol. The van der Waals surface area contributed by atoms with Crippen LogP contribution in [0.25, 0.3) is 0 Å². The molecule has 1 saturated heterocycles. The molecular weight excluding hydrogens is 286 g/mol. The van der Waals surface area contributed by atoms with E-state index in [0.29, 0.717) is 24.9 Å². The summed E-state index contributed by atoms with van der Waals surface area (Å²) in [5.74, 6) is 0.0221. The SMILES string of the molecule is COC(=O)[C@@H]1[C@H]2CC[C@@H](C2)[C@@H]1NC(=O)CN1CCCNC1=O. The van der Waals surface area contributed by atoms with Gasteiger partial charge in [0.15, 0.2) is 0 Å². The van der Waals surface area contributed by atoms with Crippen LogP contribution in [0.3, 0.4) is 0 Å². The van der Waals surface area contributed by atoms with Crippen molar-refractivity contribution in [1.82, 2.24) is 15.5 Å². The number of fused-ring (bicyclic) bond motifs is 2. The van der Waals surface area contributed by atoms with E-state index in [1.54, 1.807) is 0 Å². The highest BCUT2D eigenvalue weighted by molar-refractivity contribution is 5.85. The van der Waals surface area contributed by atoms with Crippen LogP contribution in [0.5, 0.6) is 0 Å². The Balaban J connectivity index is 1.60. The number of ether oxygens (including phenoxy) is 1. The third-order valence-electron chi connectivity index (χ3n) is 5.22. The summed E-state index contributed by atoms with van der Waals surface area (Å²) in [7, 11) is 1.39. The number of nitrogens with one attached hydrogen (secondary N) is 2. The second-order valence-electron chi connectivity index (χ2n) is 6.48. The lowest BCUT2D eigenvalue weighted by atomic mass is 9.84. The van der Waals surface area contributed by atoms with E-state index in [4.69, 9.17) is 4.74 Å². The number of hydrogen-bond acceptors (Lipinski definition) is 4. The van der Waals surface area contributed by atoms with Gasteiger partial charge in [0.05, 0.1) is 13.0 Å². The number of carbonyl (C=O) groups excluding carboxylic acids is 3. The molecule has 2 bridgehead atoms. The predicted octanol–water partition coefficient (Wildman–Crippen LogP) is 0.106. The van der Waals surface area contributed by atoms with E-state index in [1.165, 1.54) is 12.0 Å². The minimum absolute atomic E-state index is 0.0492. The minimum Gasteiger partial charge on any atom is -0.469 e. The molecule has 1 aliphatic heterocycles. The summed E-state index contributed by atoms with van der Waals surface area (Å²) in [4.78, 5) is 37.4. The first-order chi connectivity index (χ1) is 10.6. The van der Waals surface area contributed by atoms with Crippen LogP contribution < -0.4 is 10.6 Å². The van der Waals surface area contributed by atoms with E-state index in [9.17, 15) is 14.4 Å². The van der Waals surface area contributed by atoms with Gasteiger partial charge in [-0.3, -0.25) is 9.59 Å². The van der Waals surface area contributed by atoms with Gasteiger partial charge in [0, 0.05) is 19.1 Å². The highest BCUT2D eigenvalue weighted by Crippen LogP contribution is 2.48. The lowest BCUT2D eigenvalue weighted by Crippen LogP contribution is -2.53. The topological polar surface area (TPSA) is 87.7 Å². The Morgan fingerprint density at radius 3 is 2.86 bits per heavy atom. The van der Waals surface area contributed by atoms with Crippen molar-refractivity contribution >= 4 is 17.9 Å². The summed E-state index contributed by atoms with van der Waals surface area (Å²) in [6, 6.07) is -0.342. The highest BCUT2D eigenvalue weighted by Gasteiger charge is 2.52. The number of nitrogens with zero attached hydrogens (tertiary/aromatic N) is 1. The number of carbonyl (C=O) groups is 3. The molecule has 3 aliphatic rings. The average molecular weight is 309 g/mol.